The number of aromatic carboxylic acids is 1. The van der Waals surface area contributed by atoms with Gasteiger partial charge < -0.3 is 10.0 Å². The zero-order valence-corrected chi connectivity index (χ0v) is 11.9. The maximum absolute atomic E-state index is 11.9. The van der Waals surface area contributed by atoms with Gasteiger partial charge in [0.2, 0.25) is 0 Å². The topological polar surface area (TPSA) is 99.6 Å². The molecule has 7 nitrogen and oxygen atoms in total. The van der Waals surface area contributed by atoms with Crippen molar-refractivity contribution >= 4 is 16.0 Å². The third-order valence-corrected chi connectivity index (χ3v) is 4.56. The molecule has 1 saturated carbocycles. The normalized spacial score (nSPS) is 15.5. The molecule has 2 rings (SSSR count). The van der Waals surface area contributed by atoms with Gasteiger partial charge in [-0.1, -0.05) is 0 Å². The molecule has 0 bridgehead atoms. The molecule has 0 radical (unpaired) electrons. The molecular formula is C12H17N3O4S. The molecule has 0 unspecified atom stereocenters. The second kappa shape index (κ2) is 5.86. The SMILES string of the molecule is CN(CCNS(=O)(=O)c1ccc(C(=O)O)cn1)C1CC1. The zero-order chi connectivity index (χ0) is 14.8. The number of carboxylic acid groups (broad SMARTS) is 1. The van der Waals surface area contributed by atoms with Crippen molar-refractivity contribution in [2.24, 2.45) is 0 Å². The van der Waals surface area contributed by atoms with Crippen molar-refractivity contribution in [3.63, 3.8) is 0 Å². The first-order valence-corrected chi connectivity index (χ1v) is 7.78. The predicted octanol–water partition coefficient (Wildman–Crippen LogP) is 0.152. The highest BCUT2D eigenvalue weighted by Gasteiger charge is 2.26. The van der Waals surface area contributed by atoms with Gasteiger partial charge in [-0.05, 0) is 32.0 Å². The van der Waals surface area contributed by atoms with Gasteiger partial charge in [-0.3, -0.25) is 0 Å². The second-order valence-electron chi connectivity index (χ2n) is 4.80. The minimum Gasteiger partial charge on any atom is -0.478 e. The van der Waals surface area contributed by atoms with Crippen LogP contribution in [0.4, 0.5) is 0 Å². The van der Waals surface area contributed by atoms with Gasteiger partial charge in [0.15, 0.2) is 5.03 Å². The van der Waals surface area contributed by atoms with E-state index >= 15 is 0 Å². The minimum absolute atomic E-state index is 0.0441. The summed E-state index contributed by atoms with van der Waals surface area (Å²) in [7, 11) is -1.72. The number of carbonyl (C=O) groups is 1. The van der Waals surface area contributed by atoms with Gasteiger partial charge in [-0.25, -0.2) is 22.9 Å². The number of nitrogens with zero attached hydrogens (tertiary/aromatic N) is 2. The number of pyridine rings is 1. The van der Waals surface area contributed by atoms with E-state index in [-0.39, 0.29) is 10.6 Å². The van der Waals surface area contributed by atoms with Crippen molar-refractivity contribution < 1.29 is 18.3 Å². The van der Waals surface area contributed by atoms with Crippen molar-refractivity contribution in [1.82, 2.24) is 14.6 Å². The Morgan fingerprint density at radius 2 is 2.20 bits per heavy atom. The van der Waals surface area contributed by atoms with Crippen LogP contribution in [0.15, 0.2) is 23.4 Å². The monoisotopic (exact) mass is 299 g/mol. The lowest BCUT2D eigenvalue weighted by atomic mass is 10.3. The van der Waals surface area contributed by atoms with Crippen molar-refractivity contribution in [3.05, 3.63) is 23.9 Å². The van der Waals surface area contributed by atoms with E-state index in [2.05, 4.69) is 14.6 Å². The van der Waals surface area contributed by atoms with Crippen LogP contribution in [0.3, 0.4) is 0 Å². The van der Waals surface area contributed by atoms with Crippen LogP contribution in [0.1, 0.15) is 23.2 Å². The number of carboxylic acids is 1. The van der Waals surface area contributed by atoms with Crippen LogP contribution in [0, 0.1) is 0 Å². The van der Waals surface area contributed by atoms with E-state index in [9.17, 15) is 13.2 Å². The summed E-state index contributed by atoms with van der Waals surface area (Å²) < 4.78 is 26.3. The Morgan fingerprint density at radius 3 is 2.70 bits per heavy atom. The summed E-state index contributed by atoms with van der Waals surface area (Å²) in [6, 6.07) is 2.99. The average molecular weight is 299 g/mol. The van der Waals surface area contributed by atoms with E-state index in [4.69, 9.17) is 5.11 Å². The van der Waals surface area contributed by atoms with E-state index in [0.717, 1.165) is 6.20 Å². The van der Waals surface area contributed by atoms with Crippen molar-refractivity contribution in [2.45, 2.75) is 23.9 Å². The van der Waals surface area contributed by atoms with E-state index in [1.807, 2.05) is 7.05 Å². The Hall–Kier alpha value is -1.51. The molecule has 20 heavy (non-hydrogen) atoms. The zero-order valence-electron chi connectivity index (χ0n) is 11.1. The van der Waals surface area contributed by atoms with E-state index in [1.54, 1.807) is 0 Å². The quantitative estimate of drug-likeness (QED) is 0.743. The van der Waals surface area contributed by atoms with Crippen LogP contribution < -0.4 is 4.72 Å². The summed E-state index contributed by atoms with van der Waals surface area (Å²) in [5, 5.41) is 8.56. The fourth-order valence-electron chi connectivity index (χ4n) is 1.79. The first-order chi connectivity index (χ1) is 9.40. The van der Waals surface area contributed by atoms with Crippen molar-refractivity contribution in [2.75, 3.05) is 20.1 Å². The van der Waals surface area contributed by atoms with Crippen LogP contribution in [0.5, 0.6) is 0 Å². The predicted molar refractivity (Wildman–Crippen MR) is 72.0 cm³/mol. The Labute approximate surface area is 117 Å². The number of aromatic nitrogens is 1. The molecule has 1 aromatic rings. The molecule has 0 amide bonds. The molecule has 110 valence electrons. The number of nitrogens with one attached hydrogen (secondary N) is 1. The first-order valence-electron chi connectivity index (χ1n) is 6.29. The molecule has 1 heterocycles. The maximum atomic E-state index is 11.9. The van der Waals surface area contributed by atoms with Crippen molar-refractivity contribution in [3.8, 4) is 0 Å². The average Bonchev–Trinajstić information content (AvgIpc) is 3.22. The molecule has 1 aliphatic rings. The summed E-state index contributed by atoms with van der Waals surface area (Å²) in [5.41, 5.74) is -0.0441. The maximum Gasteiger partial charge on any atom is 0.337 e. The highest BCUT2D eigenvalue weighted by atomic mass is 32.2. The molecular weight excluding hydrogens is 282 g/mol. The number of sulfonamides is 1. The lowest BCUT2D eigenvalue weighted by molar-refractivity contribution is 0.0696. The fourth-order valence-corrected chi connectivity index (χ4v) is 2.74. The molecule has 8 heteroatoms. The van der Waals surface area contributed by atoms with Gasteiger partial charge in [-0.15, -0.1) is 0 Å². The fraction of sp³-hybridized carbons (Fsp3) is 0.500. The molecule has 0 aromatic carbocycles. The van der Waals surface area contributed by atoms with Crippen LogP contribution in [-0.4, -0.2) is 55.6 Å². The molecule has 2 N–H and O–H groups in total. The lowest BCUT2D eigenvalue weighted by Gasteiger charge is -2.15. The van der Waals surface area contributed by atoms with Gasteiger partial charge in [0.05, 0.1) is 5.56 Å². The first kappa shape index (κ1) is 14.9. The Kier molecular flexibility index (Phi) is 4.36. The van der Waals surface area contributed by atoms with E-state index < -0.39 is 16.0 Å². The summed E-state index contributed by atoms with van der Waals surface area (Å²) in [4.78, 5) is 16.5. The molecule has 0 spiro atoms. The molecule has 1 aromatic heterocycles. The lowest BCUT2D eigenvalue weighted by Crippen LogP contribution is -2.34. The number of hydrogen-bond donors (Lipinski definition) is 2. The molecule has 1 fully saturated rings. The highest BCUT2D eigenvalue weighted by Crippen LogP contribution is 2.24. The Morgan fingerprint density at radius 1 is 1.50 bits per heavy atom. The van der Waals surface area contributed by atoms with Crippen LogP contribution in [0.2, 0.25) is 0 Å². The summed E-state index contributed by atoms with van der Waals surface area (Å²) in [5.74, 6) is -1.14. The third kappa shape index (κ3) is 3.75. The highest BCUT2D eigenvalue weighted by molar-refractivity contribution is 7.89. The standard InChI is InChI=1S/C12H17N3O4S/c1-15(10-3-4-10)7-6-14-20(18,19)11-5-2-9(8-13-11)12(16)17/h2,5,8,10,14H,3-4,6-7H2,1H3,(H,16,17). The minimum atomic E-state index is -3.68. The number of hydrogen-bond acceptors (Lipinski definition) is 5. The molecule has 0 saturated heterocycles. The number of rotatable bonds is 7. The van der Waals surface area contributed by atoms with Gasteiger partial charge in [-0.2, -0.15) is 0 Å². The Bertz CT molecular complexity index is 581. The van der Waals surface area contributed by atoms with Gasteiger partial charge >= 0.3 is 5.97 Å². The van der Waals surface area contributed by atoms with Crippen LogP contribution in [0.25, 0.3) is 0 Å². The van der Waals surface area contributed by atoms with E-state index in [1.165, 1.54) is 25.0 Å². The smallest absolute Gasteiger partial charge is 0.337 e. The third-order valence-electron chi connectivity index (χ3n) is 3.19. The molecule has 1 aliphatic carbocycles. The number of likely N-dealkylation sites (N-methyl/N-ethyl adjacent to an activating group) is 1. The summed E-state index contributed by atoms with van der Waals surface area (Å²) >= 11 is 0. The van der Waals surface area contributed by atoms with Crippen LogP contribution >= 0.6 is 0 Å². The van der Waals surface area contributed by atoms with Crippen LogP contribution in [-0.2, 0) is 10.0 Å². The van der Waals surface area contributed by atoms with Crippen molar-refractivity contribution in [1.29, 1.82) is 0 Å². The van der Waals surface area contributed by atoms with Gasteiger partial charge in [0, 0.05) is 25.3 Å². The van der Waals surface area contributed by atoms with E-state index in [0.29, 0.717) is 19.1 Å². The second-order valence-corrected chi connectivity index (χ2v) is 6.51. The van der Waals surface area contributed by atoms with Gasteiger partial charge in [0.25, 0.3) is 10.0 Å². The molecule has 0 aliphatic heterocycles. The van der Waals surface area contributed by atoms with Gasteiger partial charge in [0.1, 0.15) is 0 Å². The molecule has 0 atom stereocenters. The summed E-state index contributed by atoms with van der Waals surface area (Å²) in [6.07, 6.45) is 3.37. The largest absolute Gasteiger partial charge is 0.478 e. The summed E-state index contributed by atoms with van der Waals surface area (Å²) in [6.45, 7) is 0.939. The Balaban J connectivity index is 1.93.